The Morgan fingerprint density at radius 3 is 2.41 bits per heavy atom. The van der Waals surface area contributed by atoms with E-state index in [-0.39, 0.29) is 28.9 Å². The second-order valence-electron chi connectivity index (χ2n) is 12.9. The van der Waals surface area contributed by atoms with Crippen molar-refractivity contribution in [3.05, 3.63) is 60.1 Å². The smallest absolute Gasteiger partial charge is 0.407 e. The molecule has 0 saturated carbocycles. The first kappa shape index (κ1) is 29.9. The van der Waals surface area contributed by atoms with Crippen molar-refractivity contribution in [3.63, 3.8) is 0 Å². The second-order valence-corrected chi connectivity index (χ2v) is 18.5. The molecule has 2 aliphatic heterocycles. The average Bonchev–Trinajstić information content (AvgIpc) is 3.30. The molecule has 228 valence electrons. The number of pyridine rings is 1. The number of likely N-dealkylation sites (tertiary alicyclic amines) is 1. The molecule has 2 atom stereocenters. The number of halogens is 2. The predicted molar refractivity (Wildman–Crippen MR) is 172 cm³/mol. The van der Waals surface area contributed by atoms with Gasteiger partial charge in [-0.2, -0.15) is 0 Å². The molecule has 0 aliphatic carbocycles. The van der Waals surface area contributed by atoms with Gasteiger partial charge in [-0.05, 0) is 34.5 Å². The number of carbonyl (C=O) groups is 1. The summed E-state index contributed by atoms with van der Waals surface area (Å²) in [7, 11) is -2.17. The summed E-state index contributed by atoms with van der Waals surface area (Å²) in [6.45, 7) is 14.2. The Balaban J connectivity index is 1.48. The summed E-state index contributed by atoms with van der Waals surface area (Å²) >= 11 is 0. The van der Waals surface area contributed by atoms with E-state index in [0.717, 1.165) is 5.39 Å². The van der Waals surface area contributed by atoms with E-state index in [4.69, 9.17) is 0 Å². The van der Waals surface area contributed by atoms with Crippen molar-refractivity contribution in [1.29, 1.82) is 0 Å². The predicted octanol–water partition coefficient (Wildman–Crippen LogP) is 7.63. The monoisotopic (exact) mass is 613 g/mol. The zero-order valence-electron chi connectivity index (χ0n) is 25.9. The molecule has 0 bridgehead atoms. The first-order valence-electron chi connectivity index (χ1n) is 15.3. The first-order chi connectivity index (χ1) is 21.0. The highest BCUT2D eigenvalue weighted by atomic mass is 28.3. The zero-order chi connectivity index (χ0) is 31.5. The number of nitrogens with zero attached hydrogens (tertiary/aromatic N) is 5. The summed E-state index contributed by atoms with van der Waals surface area (Å²) in [5, 5.41) is 11.2. The van der Waals surface area contributed by atoms with Crippen molar-refractivity contribution in [2.45, 2.75) is 76.7 Å². The van der Waals surface area contributed by atoms with Crippen LogP contribution in [-0.2, 0) is 0 Å². The van der Waals surface area contributed by atoms with Crippen LogP contribution in [0.2, 0.25) is 16.6 Å². The summed E-state index contributed by atoms with van der Waals surface area (Å²) in [6, 6.07) is 8.44. The zero-order valence-corrected chi connectivity index (χ0v) is 26.9. The molecule has 1 amide bonds. The van der Waals surface area contributed by atoms with Crippen LogP contribution in [0, 0.1) is 23.1 Å². The third-order valence-electron chi connectivity index (χ3n) is 9.93. The Bertz CT molecular complexity index is 1830. The number of aromatic nitrogens is 3. The lowest BCUT2D eigenvalue weighted by molar-refractivity contribution is 0.129. The van der Waals surface area contributed by atoms with Crippen LogP contribution in [0.15, 0.2) is 42.9 Å². The van der Waals surface area contributed by atoms with Crippen LogP contribution < -0.4 is 4.90 Å². The normalized spacial score (nSPS) is 18.2. The quantitative estimate of drug-likeness (QED) is 0.184. The molecule has 7 nitrogen and oxygen atoms in total. The summed E-state index contributed by atoms with van der Waals surface area (Å²) in [5.41, 5.74) is 5.65. The Kier molecular flexibility index (Phi) is 7.56. The van der Waals surface area contributed by atoms with Crippen molar-refractivity contribution in [2.75, 3.05) is 18.0 Å². The molecule has 0 unspecified atom stereocenters. The van der Waals surface area contributed by atoms with Gasteiger partial charge in [0.15, 0.2) is 5.82 Å². The maximum absolute atomic E-state index is 16.4. The number of benzene rings is 2. The molecule has 2 aromatic heterocycles. The van der Waals surface area contributed by atoms with Crippen molar-refractivity contribution in [2.24, 2.45) is 0 Å². The van der Waals surface area contributed by atoms with Gasteiger partial charge >= 0.3 is 6.09 Å². The fraction of sp³-hybridized carbons (Fsp3) is 0.412. The molecule has 44 heavy (non-hydrogen) atoms. The van der Waals surface area contributed by atoms with E-state index in [1.807, 2.05) is 17.0 Å². The number of amides is 1. The maximum Gasteiger partial charge on any atom is 0.407 e. The van der Waals surface area contributed by atoms with Gasteiger partial charge in [-0.15, -0.1) is 5.54 Å². The highest BCUT2D eigenvalue weighted by Gasteiger charge is 2.50. The van der Waals surface area contributed by atoms with Crippen molar-refractivity contribution < 1.29 is 18.7 Å². The molecular weight excluding hydrogens is 576 g/mol. The van der Waals surface area contributed by atoms with Gasteiger partial charge < -0.3 is 14.9 Å². The highest BCUT2D eigenvalue weighted by Crippen LogP contribution is 2.42. The number of fused-ring (bicyclic) bond motifs is 3. The van der Waals surface area contributed by atoms with E-state index in [2.05, 4.69) is 68.0 Å². The van der Waals surface area contributed by atoms with Gasteiger partial charge in [0.1, 0.15) is 37.2 Å². The molecule has 2 fully saturated rings. The number of hydrogen-bond donors (Lipinski definition) is 1. The van der Waals surface area contributed by atoms with Gasteiger partial charge in [-0.3, -0.25) is 4.98 Å². The van der Waals surface area contributed by atoms with Crippen molar-refractivity contribution in [1.82, 2.24) is 19.9 Å². The van der Waals surface area contributed by atoms with E-state index >= 15 is 8.78 Å². The summed E-state index contributed by atoms with van der Waals surface area (Å²) in [4.78, 5) is 28.3. The van der Waals surface area contributed by atoms with E-state index in [1.165, 1.54) is 17.3 Å². The number of hydrogen-bond acceptors (Lipinski definition) is 5. The molecular formula is C34H37F2N5O2Si. The van der Waals surface area contributed by atoms with E-state index in [9.17, 15) is 9.90 Å². The third kappa shape index (κ3) is 4.51. The van der Waals surface area contributed by atoms with Gasteiger partial charge in [-0.25, -0.2) is 23.5 Å². The van der Waals surface area contributed by atoms with Gasteiger partial charge in [0, 0.05) is 30.2 Å². The summed E-state index contributed by atoms with van der Waals surface area (Å²) < 4.78 is 32.1. The number of anilines is 1. The lowest BCUT2D eigenvalue weighted by Gasteiger charge is -2.47. The minimum Gasteiger partial charge on any atom is -0.465 e. The molecule has 0 spiro atoms. The van der Waals surface area contributed by atoms with Crippen LogP contribution in [0.5, 0.6) is 0 Å². The summed E-state index contributed by atoms with van der Waals surface area (Å²) in [5.74, 6) is 2.76. The maximum atomic E-state index is 16.4. The van der Waals surface area contributed by atoms with Gasteiger partial charge in [0.2, 0.25) is 0 Å². The molecule has 4 aromatic rings. The van der Waals surface area contributed by atoms with Crippen molar-refractivity contribution >= 4 is 41.7 Å². The van der Waals surface area contributed by atoms with Gasteiger partial charge in [0.25, 0.3) is 0 Å². The second kappa shape index (κ2) is 11.1. The molecule has 6 rings (SSSR count). The SMILES string of the molecule is CC(C)[Si](C#Cc1c(F)ccc2cccc(-c3ncc4c(N5C[C@@H]6[C@H]5CCN6C(=O)O)ncnc4c3F)c12)(C(C)C)C(C)C. The number of carboxylic acid groups (broad SMARTS) is 1. The van der Waals surface area contributed by atoms with Crippen LogP contribution in [0.25, 0.3) is 32.9 Å². The van der Waals surface area contributed by atoms with Crippen molar-refractivity contribution in [3.8, 4) is 22.7 Å². The molecule has 0 radical (unpaired) electrons. The Morgan fingerprint density at radius 2 is 1.73 bits per heavy atom. The molecule has 4 heterocycles. The average molecular weight is 614 g/mol. The molecule has 10 heteroatoms. The minimum absolute atomic E-state index is 0.0210. The Morgan fingerprint density at radius 1 is 1.00 bits per heavy atom. The number of rotatable bonds is 5. The van der Waals surface area contributed by atoms with E-state index in [1.54, 1.807) is 18.3 Å². The molecule has 1 N–H and O–H groups in total. The van der Waals surface area contributed by atoms with Gasteiger partial charge in [-0.1, -0.05) is 71.7 Å². The Hall–Kier alpha value is -4.10. The Labute approximate surface area is 257 Å². The van der Waals surface area contributed by atoms with Crippen LogP contribution in [-0.4, -0.2) is 64.3 Å². The fourth-order valence-corrected chi connectivity index (χ4v) is 13.0. The van der Waals surface area contributed by atoms with Crippen LogP contribution in [0.1, 0.15) is 53.5 Å². The third-order valence-corrected chi connectivity index (χ3v) is 16.2. The standard InChI is InChI=1S/C34H37F2N5O2Si/c1-19(2)44(20(3)4,21(5)6)15-13-23-26(35)11-10-22-8-7-9-24(29(22)23)31-30(36)32-25(16-37-31)33(39-18-38-32)41-17-28-27(41)12-14-40(28)34(42)43/h7-11,16,18-21,27-28H,12,14,17H2,1-6H3,(H,42,43)/t27-,28-/m1/s1. The largest absolute Gasteiger partial charge is 0.465 e. The van der Waals surface area contributed by atoms with Crippen LogP contribution in [0.3, 0.4) is 0 Å². The summed E-state index contributed by atoms with van der Waals surface area (Å²) in [6.07, 6.45) is 2.65. The van der Waals surface area contributed by atoms with Crippen LogP contribution >= 0.6 is 0 Å². The first-order valence-corrected chi connectivity index (χ1v) is 17.5. The fourth-order valence-electron chi connectivity index (χ4n) is 7.77. The van der Waals surface area contributed by atoms with Crippen LogP contribution in [0.4, 0.5) is 19.4 Å². The lowest BCUT2D eigenvalue weighted by atomic mass is 9.95. The van der Waals surface area contributed by atoms with Gasteiger partial charge in [0.05, 0.1) is 23.0 Å². The molecule has 2 aromatic carbocycles. The molecule has 2 saturated heterocycles. The topological polar surface area (TPSA) is 82.5 Å². The molecule has 2 aliphatic rings. The minimum atomic E-state index is -2.17. The highest BCUT2D eigenvalue weighted by molar-refractivity contribution is 6.90. The lowest BCUT2D eigenvalue weighted by Crippen LogP contribution is -2.63. The van der Waals surface area contributed by atoms with E-state index in [0.29, 0.717) is 58.3 Å². The van der Waals surface area contributed by atoms with E-state index < -0.39 is 25.8 Å².